The Morgan fingerprint density at radius 1 is 1.19 bits per heavy atom. The molecule has 27 heavy (non-hydrogen) atoms. The second-order valence-corrected chi connectivity index (χ2v) is 8.20. The lowest BCUT2D eigenvalue weighted by molar-refractivity contribution is -0.121. The molecule has 2 heterocycles. The number of rotatable bonds is 9. The predicted molar refractivity (Wildman–Crippen MR) is 111 cm³/mol. The van der Waals surface area contributed by atoms with Crippen LogP contribution in [0, 0.1) is 6.92 Å². The summed E-state index contributed by atoms with van der Waals surface area (Å²) in [5, 5.41) is 5.28. The second-order valence-electron chi connectivity index (χ2n) is 7.17. The first-order valence-electron chi connectivity index (χ1n) is 9.90. The van der Waals surface area contributed by atoms with E-state index in [1.54, 1.807) is 11.3 Å². The fourth-order valence-corrected chi connectivity index (χ4v) is 4.23. The monoisotopic (exact) mass is 386 g/mol. The maximum atomic E-state index is 12.3. The highest BCUT2D eigenvalue weighted by Crippen LogP contribution is 2.22. The number of amides is 1. The van der Waals surface area contributed by atoms with Crippen molar-refractivity contribution in [1.82, 2.24) is 10.2 Å². The number of ether oxygens (including phenoxy) is 1. The fourth-order valence-electron chi connectivity index (χ4n) is 3.47. The summed E-state index contributed by atoms with van der Waals surface area (Å²) >= 11 is 1.79. The van der Waals surface area contributed by atoms with Gasteiger partial charge in [0.2, 0.25) is 5.91 Å². The highest BCUT2D eigenvalue weighted by Gasteiger charge is 2.23. The van der Waals surface area contributed by atoms with Crippen molar-refractivity contribution in [2.24, 2.45) is 0 Å². The quantitative estimate of drug-likeness (QED) is 0.663. The SMILES string of the molecule is Cc1ccc(C(CNC(=O)CCCCc2cccs2)N2CCOCC2)cc1. The number of hydrogen-bond donors (Lipinski definition) is 1. The van der Waals surface area contributed by atoms with E-state index in [1.807, 2.05) is 0 Å². The molecule has 1 aromatic carbocycles. The summed E-state index contributed by atoms with van der Waals surface area (Å²) in [7, 11) is 0. The van der Waals surface area contributed by atoms with Crippen molar-refractivity contribution >= 4 is 17.2 Å². The van der Waals surface area contributed by atoms with E-state index in [0.717, 1.165) is 45.6 Å². The van der Waals surface area contributed by atoms with Crippen LogP contribution in [0.5, 0.6) is 0 Å². The summed E-state index contributed by atoms with van der Waals surface area (Å²) in [6, 6.07) is 13.1. The van der Waals surface area contributed by atoms with Crippen LogP contribution in [0.1, 0.15) is 41.3 Å². The van der Waals surface area contributed by atoms with Crippen molar-refractivity contribution in [3.8, 4) is 0 Å². The standard InChI is InChI=1S/C22H30N2O2S/c1-18-8-10-19(11-9-18)21(24-12-14-26-15-13-24)17-23-22(25)7-3-2-5-20-6-4-16-27-20/h4,6,8-11,16,21H,2-3,5,7,12-15,17H2,1H3,(H,23,25). The van der Waals surface area contributed by atoms with Crippen LogP contribution in [0.3, 0.4) is 0 Å². The molecule has 0 aliphatic carbocycles. The van der Waals surface area contributed by atoms with Crippen LogP contribution in [0.15, 0.2) is 41.8 Å². The third-order valence-corrected chi connectivity index (χ3v) is 6.03. The number of morpholine rings is 1. The molecular formula is C22H30N2O2S. The van der Waals surface area contributed by atoms with Gasteiger partial charge in [0.05, 0.1) is 19.3 Å². The minimum absolute atomic E-state index is 0.159. The van der Waals surface area contributed by atoms with E-state index < -0.39 is 0 Å². The molecule has 4 nitrogen and oxygen atoms in total. The Morgan fingerprint density at radius 2 is 1.96 bits per heavy atom. The van der Waals surface area contributed by atoms with Crippen molar-refractivity contribution in [3.05, 3.63) is 57.8 Å². The lowest BCUT2D eigenvalue weighted by Crippen LogP contribution is -2.43. The zero-order valence-corrected chi connectivity index (χ0v) is 17.0. The summed E-state index contributed by atoms with van der Waals surface area (Å²) in [5.41, 5.74) is 2.52. The zero-order chi connectivity index (χ0) is 18.9. The Morgan fingerprint density at radius 3 is 2.67 bits per heavy atom. The van der Waals surface area contributed by atoms with Crippen molar-refractivity contribution in [2.45, 2.75) is 38.6 Å². The maximum Gasteiger partial charge on any atom is 0.220 e. The number of hydrogen-bond acceptors (Lipinski definition) is 4. The molecule has 1 saturated heterocycles. The normalized spacial score (nSPS) is 16.2. The Hall–Kier alpha value is -1.69. The average molecular weight is 387 g/mol. The first-order valence-corrected chi connectivity index (χ1v) is 10.8. The Labute approximate surface area is 166 Å². The largest absolute Gasteiger partial charge is 0.379 e. The lowest BCUT2D eigenvalue weighted by Gasteiger charge is -2.35. The molecule has 1 aromatic heterocycles. The summed E-state index contributed by atoms with van der Waals surface area (Å²) < 4.78 is 5.50. The molecule has 1 fully saturated rings. The van der Waals surface area contributed by atoms with E-state index in [-0.39, 0.29) is 11.9 Å². The summed E-state index contributed by atoms with van der Waals surface area (Å²) in [6.45, 7) is 6.11. The minimum atomic E-state index is 0.159. The molecule has 2 aromatic rings. The van der Waals surface area contributed by atoms with Gasteiger partial charge in [-0.25, -0.2) is 0 Å². The fraction of sp³-hybridized carbons (Fsp3) is 0.500. The molecule has 1 aliphatic rings. The van der Waals surface area contributed by atoms with Gasteiger partial charge in [-0.15, -0.1) is 11.3 Å². The van der Waals surface area contributed by atoms with Gasteiger partial charge < -0.3 is 10.1 Å². The van der Waals surface area contributed by atoms with Gasteiger partial charge in [0.15, 0.2) is 0 Å². The maximum absolute atomic E-state index is 12.3. The van der Waals surface area contributed by atoms with E-state index in [0.29, 0.717) is 13.0 Å². The summed E-state index contributed by atoms with van der Waals surface area (Å²) in [4.78, 5) is 16.2. The first-order chi connectivity index (χ1) is 13.2. The van der Waals surface area contributed by atoms with Gasteiger partial charge in [-0.2, -0.15) is 0 Å². The number of carbonyl (C=O) groups is 1. The third kappa shape index (κ3) is 6.45. The Bertz CT molecular complexity index is 679. The number of carbonyl (C=O) groups excluding carboxylic acids is 1. The molecule has 0 saturated carbocycles. The van der Waals surface area contributed by atoms with Crippen molar-refractivity contribution in [1.29, 1.82) is 0 Å². The molecular weight excluding hydrogens is 356 g/mol. The second kappa shape index (κ2) is 10.6. The van der Waals surface area contributed by atoms with Crippen LogP contribution in [-0.4, -0.2) is 43.7 Å². The predicted octanol–water partition coefficient (Wildman–Crippen LogP) is 3.96. The minimum Gasteiger partial charge on any atom is -0.379 e. The number of benzene rings is 1. The summed E-state index contributed by atoms with van der Waals surface area (Å²) in [5.74, 6) is 0.159. The van der Waals surface area contributed by atoms with Gasteiger partial charge in [-0.05, 0) is 43.2 Å². The van der Waals surface area contributed by atoms with Gasteiger partial charge in [0, 0.05) is 30.9 Å². The number of unbranched alkanes of at least 4 members (excludes halogenated alkanes) is 1. The molecule has 0 spiro atoms. The van der Waals surface area contributed by atoms with Crippen LogP contribution in [0.4, 0.5) is 0 Å². The molecule has 0 radical (unpaired) electrons. The number of nitrogens with one attached hydrogen (secondary N) is 1. The topological polar surface area (TPSA) is 41.6 Å². The highest BCUT2D eigenvalue weighted by atomic mass is 32.1. The molecule has 1 N–H and O–H groups in total. The molecule has 146 valence electrons. The Balaban J connectivity index is 1.47. The first kappa shape index (κ1) is 20.1. The highest BCUT2D eigenvalue weighted by molar-refractivity contribution is 7.09. The van der Waals surface area contributed by atoms with E-state index in [9.17, 15) is 4.79 Å². The van der Waals surface area contributed by atoms with Gasteiger partial charge in [-0.3, -0.25) is 9.69 Å². The van der Waals surface area contributed by atoms with Crippen LogP contribution < -0.4 is 5.32 Å². The lowest BCUT2D eigenvalue weighted by atomic mass is 10.0. The van der Waals surface area contributed by atoms with Gasteiger partial charge >= 0.3 is 0 Å². The van der Waals surface area contributed by atoms with Crippen molar-refractivity contribution < 1.29 is 9.53 Å². The van der Waals surface area contributed by atoms with Crippen LogP contribution in [-0.2, 0) is 16.0 Å². The molecule has 0 bridgehead atoms. The van der Waals surface area contributed by atoms with Gasteiger partial charge in [0.25, 0.3) is 0 Å². The number of aryl methyl sites for hydroxylation is 2. The van der Waals surface area contributed by atoms with Crippen molar-refractivity contribution in [2.75, 3.05) is 32.8 Å². The number of nitrogens with zero attached hydrogens (tertiary/aromatic N) is 1. The summed E-state index contributed by atoms with van der Waals surface area (Å²) in [6.07, 6.45) is 3.69. The molecule has 3 rings (SSSR count). The van der Waals surface area contributed by atoms with Crippen LogP contribution >= 0.6 is 11.3 Å². The van der Waals surface area contributed by atoms with Gasteiger partial charge in [-0.1, -0.05) is 35.9 Å². The molecule has 1 amide bonds. The Kier molecular flexibility index (Phi) is 7.87. The van der Waals surface area contributed by atoms with E-state index >= 15 is 0 Å². The zero-order valence-electron chi connectivity index (χ0n) is 16.2. The van der Waals surface area contributed by atoms with E-state index in [1.165, 1.54) is 16.0 Å². The average Bonchev–Trinajstić information content (AvgIpc) is 3.21. The number of thiophene rings is 1. The van der Waals surface area contributed by atoms with Crippen LogP contribution in [0.2, 0.25) is 0 Å². The smallest absolute Gasteiger partial charge is 0.220 e. The van der Waals surface area contributed by atoms with E-state index in [2.05, 4.69) is 58.9 Å². The molecule has 5 heteroatoms. The van der Waals surface area contributed by atoms with Gasteiger partial charge in [0.1, 0.15) is 0 Å². The van der Waals surface area contributed by atoms with Crippen LogP contribution in [0.25, 0.3) is 0 Å². The van der Waals surface area contributed by atoms with Crippen molar-refractivity contribution in [3.63, 3.8) is 0 Å². The third-order valence-electron chi connectivity index (χ3n) is 5.10. The molecule has 1 atom stereocenters. The molecule has 1 unspecified atom stereocenters. The van der Waals surface area contributed by atoms with E-state index in [4.69, 9.17) is 4.74 Å². The molecule has 1 aliphatic heterocycles.